The van der Waals surface area contributed by atoms with Crippen LogP contribution in [0.5, 0.6) is 5.75 Å². The predicted octanol–water partition coefficient (Wildman–Crippen LogP) is 7.83. The van der Waals surface area contributed by atoms with E-state index in [-0.39, 0.29) is 28.0 Å². The molecule has 1 fully saturated rings. The fourth-order valence-corrected chi connectivity index (χ4v) is 7.08. The first kappa shape index (κ1) is 30.6. The van der Waals surface area contributed by atoms with Crippen molar-refractivity contribution in [3.63, 3.8) is 0 Å². The van der Waals surface area contributed by atoms with Crippen molar-refractivity contribution in [3.05, 3.63) is 106 Å². The number of aryl methyl sites for hydroxylation is 1. The van der Waals surface area contributed by atoms with Crippen molar-refractivity contribution < 1.29 is 17.9 Å². The van der Waals surface area contributed by atoms with Crippen LogP contribution in [0.4, 0.5) is 22.7 Å². The Balaban J connectivity index is 1.22. The highest BCUT2D eigenvalue weighted by Crippen LogP contribution is 2.49. The molecular formula is C35H38N4O5S. The molecule has 0 aliphatic heterocycles. The molecule has 2 aliphatic carbocycles. The Morgan fingerprint density at radius 3 is 2.18 bits per heavy atom. The van der Waals surface area contributed by atoms with Crippen molar-refractivity contribution >= 4 is 32.8 Å². The molecule has 2 N–H and O–H groups in total. The number of rotatable bonds is 9. The van der Waals surface area contributed by atoms with Crippen LogP contribution >= 0.6 is 0 Å². The zero-order valence-corrected chi connectivity index (χ0v) is 26.4. The summed E-state index contributed by atoms with van der Waals surface area (Å²) in [4.78, 5) is 15.4. The summed E-state index contributed by atoms with van der Waals surface area (Å²) < 4.78 is 35.2. The molecule has 1 unspecified atom stereocenters. The van der Waals surface area contributed by atoms with E-state index in [0.29, 0.717) is 35.7 Å². The van der Waals surface area contributed by atoms with Gasteiger partial charge >= 0.3 is 5.63 Å². The average molecular weight is 627 g/mol. The van der Waals surface area contributed by atoms with Crippen molar-refractivity contribution in [1.29, 1.82) is 0 Å². The minimum Gasteiger partial charge on any atom is -0.507 e. The number of anilines is 2. The minimum atomic E-state index is -3.91. The van der Waals surface area contributed by atoms with E-state index in [1.165, 1.54) is 12.1 Å². The lowest BCUT2D eigenvalue weighted by Crippen LogP contribution is -2.19. The molecule has 1 saturated carbocycles. The van der Waals surface area contributed by atoms with Crippen LogP contribution in [-0.4, -0.2) is 27.6 Å². The fraction of sp³-hybridized carbons (Fsp3) is 0.343. The fourth-order valence-electron chi connectivity index (χ4n) is 6.03. The molecule has 1 aromatic heterocycles. The van der Waals surface area contributed by atoms with Crippen molar-refractivity contribution in [2.45, 2.75) is 62.2 Å². The van der Waals surface area contributed by atoms with E-state index in [2.05, 4.69) is 15.0 Å². The van der Waals surface area contributed by atoms with E-state index in [0.717, 1.165) is 55.3 Å². The van der Waals surface area contributed by atoms with Crippen molar-refractivity contribution in [1.82, 2.24) is 0 Å². The second-order valence-corrected chi connectivity index (χ2v) is 13.8. The molecule has 234 valence electrons. The molecule has 2 aliphatic rings. The number of hydrogen-bond acceptors (Lipinski definition) is 8. The summed E-state index contributed by atoms with van der Waals surface area (Å²) in [5.74, 6) is 0.437. The quantitative estimate of drug-likeness (QED) is 0.183. The van der Waals surface area contributed by atoms with Gasteiger partial charge in [0, 0.05) is 43.4 Å². The highest BCUT2D eigenvalue weighted by Gasteiger charge is 2.38. The van der Waals surface area contributed by atoms with Crippen molar-refractivity contribution in [2.75, 3.05) is 23.7 Å². The molecule has 1 heterocycles. The monoisotopic (exact) mass is 626 g/mol. The van der Waals surface area contributed by atoms with Crippen LogP contribution in [0, 0.1) is 5.92 Å². The van der Waals surface area contributed by atoms with Gasteiger partial charge in [-0.2, -0.15) is 10.2 Å². The van der Waals surface area contributed by atoms with Gasteiger partial charge in [-0.1, -0.05) is 25.0 Å². The molecule has 1 atom stereocenters. The maximum atomic E-state index is 13.3. The average Bonchev–Trinajstić information content (AvgIpc) is 3.85. The molecule has 45 heavy (non-hydrogen) atoms. The molecule has 6 rings (SSSR count). The summed E-state index contributed by atoms with van der Waals surface area (Å²) >= 11 is 0. The molecule has 0 bridgehead atoms. The van der Waals surface area contributed by atoms with Gasteiger partial charge in [-0.05, 0) is 104 Å². The Bertz CT molecular complexity index is 1860. The lowest BCUT2D eigenvalue weighted by molar-refractivity contribution is 0.382. The van der Waals surface area contributed by atoms with Gasteiger partial charge in [0.05, 0.1) is 21.8 Å². The van der Waals surface area contributed by atoms with Gasteiger partial charge in [0.1, 0.15) is 11.5 Å². The van der Waals surface area contributed by atoms with Gasteiger partial charge in [0.2, 0.25) is 0 Å². The minimum absolute atomic E-state index is 0.0499. The Morgan fingerprint density at radius 1 is 0.889 bits per heavy atom. The molecule has 10 heteroatoms. The first-order valence-electron chi connectivity index (χ1n) is 15.5. The number of hydrogen-bond donors (Lipinski definition) is 2. The van der Waals surface area contributed by atoms with Crippen molar-refractivity contribution in [2.24, 2.45) is 16.1 Å². The Morgan fingerprint density at radius 2 is 1.53 bits per heavy atom. The number of sulfonamides is 1. The number of azo groups is 1. The van der Waals surface area contributed by atoms with Gasteiger partial charge in [-0.15, -0.1) is 0 Å². The Hall–Kier alpha value is -4.44. The van der Waals surface area contributed by atoms with Gasteiger partial charge in [0.25, 0.3) is 10.0 Å². The summed E-state index contributed by atoms with van der Waals surface area (Å²) in [6.07, 6.45) is 7.21. The molecular weight excluding hydrogens is 588 g/mol. The number of nitrogens with zero attached hydrogens (tertiary/aromatic N) is 3. The molecule has 3 aromatic carbocycles. The third kappa shape index (κ3) is 6.96. The summed E-state index contributed by atoms with van der Waals surface area (Å²) in [7, 11) is 0.0142. The normalized spacial score (nSPS) is 16.0. The van der Waals surface area contributed by atoms with E-state index in [1.807, 2.05) is 49.3 Å². The summed E-state index contributed by atoms with van der Waals surface area (Å²) in [6.45, 7) is 0. The first-order chi connectivity index (χ1) is 21.7. The number of fused-ring (bicyclic) bond motifs is 1. The Labute approximate surface area is 263 Å². The maximum absolute atomic E-state index is 13.3. The second kappa shape index (κ2) is 12.9. The van der Waals surface area contributed by atoms with Crippen LogP contribution in [0.15, 0.2) is 97.1 Å². The SMILES string of the molecule is CN(C)c1ccc(/N=N/c2ccc(S(=O)(=O)Nc3cccc(C(c4c(O)c5c(oc4=O)CCCCCC5)C4CC4)c3)cc2)cc1. The van der Waals surface area contributed by atoms with Crippen molar-refractivity contribution in [3.8, 4) is 5.75 Å². The van der Waals surface area contributed by atoms with Crippen LogP contribution < -0.4 is 15.2 Å². The van der Waals surface area contributed by atoms with Gasteiger partial charge in [-0.25, -0.2) is 13.2 Å². The predicted molar refractivity (Wildman–Crippen MR) is 176 cm³/mol. The maximum Gasteiger partial charge on any atom is 0.343 e. The molecule has 9 nitrogen and oxygen atoms in total. The van der Waals surface area contributed by atoms with E-state index in [1.54, 1.807) is 30.3 Å². The number of nitrogens with one attached hydrogen (secondary N) is 1. The van der Waals surface area contributed by atoms with Crippen LogP contribution in [0.1, 0.15) is 66.9 Å². The zero-order valence-electron chi connectivity index (χ0n) is 25.6. The summed E-state index contributed by atoms with van der Waals surface area (Å²) in [6, 6.07) is 20.9. The van der Waals surface area contributed by atoms with Gasteiger partial charge in [-0.3, -0.25) is 4.72 Å². The Kier molecular flexibility index (Phi) is 8.76. The van der Waals surface area contributed by atoms with E-state index in [4.69, 9.17) is 4.42 Å². The summed E-state index contributed by atoms with van der Waals surface area (Å²) in [5, 5.41) is 19.9. The number of benzene rings is 3. The van der Waals surface area contributed by atoms with Gasteiger partial charge < -0.3 is 14.4 Å². The smallest absolute Gasteiger partial charge is 0.343 e. The van der Waals surface area contributed by atoms with Crippen LogP contribution in [0.2, 0.25) is 0 Å². The van der Waals surface area contributed by atoms with Crippen LogP contribution in [-0.2, 0) is 22.9 Å². The van der Waals surface area contributed by atoms with Gasteiger partial charge in [0.15, 0.2) is 0 Å². The van der Waals surface area contributed by atoms with E-state index in [9.17, 15) is 18.3 Å². The van der Waals surface area contributed by atoms with Crippen LogP contribution in [0.3, 0.4) is 0 Å². The standard InChI is InChI=1S/C35H38N4O5S/c1-39(2)28-18-14-25(15-19-28)36-37-26-16-20-29(21-17-26)45(42,43)38-27-9-7-8-24(22-27)32(23-12-13-23)33-34(40)30-10-5-3-4-6-11-31(30)44-35(33)41/h7-9,14-23,32,38,40H,3-6,10-13H2,1-2H3/b37-36+. The van der Waals surface area contributed by atoms with E-state index < -0.39 is 15.6 Å². The third-order valence-corrected chi connectivity index (χ3v) is 9.99. The lowest BCUT2D eigenvalue weighted by Gasteiger charge is -2.22. The highest BCUT2D eigenvalue weighted by molar-refractivity contribution is 7.92. The molecule has 0 amide bonds. The van der Waals surface area contributed by atoms with E-state index >= 15 is 0 Å². The zero-order chi connectivity index (χ0) is 31.6. The lowest BCUT2D eigenvalue weighted by atomic mass is 9.85. The second-order valence-electron chi connectivity index (χ2n) is 12.1. The topological polar surface area (TPSA) is 125 Å². The molecule has 0 saturated heterocycles. The largest absolute Gasteiger partial charge is 0.507 e. The molecule has 0 radical (unpaired) electrons. The molecule has 4 aromatic rings. The highest BCUT2D eigenvalue weighted by atomic mass is 32.2. The third-order valence-electron chi connectivity index (χ3n) is 8.59. The number of aromatic hydroxyl groups is 1. The van der Waals surface area contributed by atoms with Crippen LogP contribution in [0.25, 0.3) is 0 Å². The molecule has 0 spiro atoms. The first-order valence-corrected chi connectivity index (χ1v) is 17.0. The summed E-state index contributed by atoms with van der Waals surface area (Å²) in [5.41, 5.74) is 3.94.